The van der Waals surface area contributed by atoms with Gasteiger partial charge in [-0.05, 0) is 43.9 Å². The second kappa shape index (κ2) is 8.13. The number of carbonyl (C=O) groups excluding carboxylic acids is 1. The van der Waals surface area contributed by atoms with Crippen LogP contribution in [0.2, 0.25) is 0 Å². The molecule has 0 radical (unpaired) electrons. The second-order valence-electron chi connectivity index (χ2n) is 6.78. The summed E-state index contributed by atoms with van der Waals surface area (Å²) in [4.78, 5) is 17.1. The average molecular weight is 359 g/mol. The molecule has 1 aromatic carbocycles. The molecule has 0 bridgehead atoms. The van der Waals surface area contributed by atoms with Crippen molar-refractivity contribution in [2.45, 2.75) is 38.3 Å². The summed E-state index contributed by atoms with van der Waals surface area (Å²) in [7, 11) is 0. The average Bonchev–Trinajstić information content (AvgIpc) is 3.03. The van der Waals surface area contributed by atoms with E-state index in [4.69, 9.17) is 0 Å². The van der Waals surface area contributed by atoms with Crippen molar-refractivity contribution in [2.24, 2.45) is 0 Å². The predicted octanol–water partition coefficient (Wildman–Crippen LogP) is 2.74. The number of nitrogens with one attached hydrogen (secondary N) is 1. The smallest absolute Gasteiger partial charge is 0.255 e. The van der Waals surface area contributed by atoms with Crippen molar-refractivity contribution in [3.63, 3.8) is 0 Å². The highest BCUT2D eigenvalue weighted by Crippen LogP contribution is 2.23. The predicted molar refractivity (Wildman–Crippen MR) is 102 cm³/mol. The minimum atomic E-state index is -1.28. The van der Waals surface area contributed by atoms with E-state index in [0.717, 1.165) is 19.4 Å². The molecule has 2 aromatic rings. The summed E-state index contributed by atoms with van der Waals surface area (Å²) in [5, 5.41) is 14.1. The van der Waals surface area contributed by atoms with Crippen LogP contribution in [0, 0.1) is 6.92 Å². The number of rotatable bonds is 7. The third-order valence-electron chi connectivity index (χ3n) is 4.73. The summed E-state index contributed by atoms with van der Waals surface area (Å²) < 4.78 is 0. The molecule has 1 aliphatic heterocycles. The third-order valence-corrected chi connectivity index (χ3v) is 5.73. The van der Waals surface area contributed by atoms with Crippen LogP contribution in [0.4, 0.5) is 0 Å². The maximum absolute atomic E-state index is 12.8. The van der Waals surface area contributed by atoms with Crippen molar-refractivity contribution in [1.29, 1.82) is 0 Å². The number of benzene rings is 1. The molecule has 1 amide bonds. The Labute approximate surface area is 153 Å². The van der Waals surface area contributed by atoms with Crippen LogP contribution >= 0.6 is 11.3 Å². The molecule has 1 fully saturated rings. The van der Waals surface area contributed by atoms with Gasteiger partial charge in [0.25, 0.3) is 5.91 Å². The lowest BCUT2D eigenvalue weighted by molar-refractivity contribution is -0.156. The summed E-state index contributed by atoms with van der Waals surface area (Å²) in [6.07, 6.45) is 2.20. The quantitative estimate of drug-likeness (QED) is 0.800. The SMILES string of the molecule is Cc1ccc(CNC[C@@]2(O)CCCN(CCc3ccccc3)C2=O)s1. The lowest BCUT2D eigenvalue weighted by Gasteiger charge is -2.38. The van der Waals surface area contributed by atoms with Crippen LogP contribution in [0.25, 0.3) is 0 Å². The molecular formula is C20H26N2O2S. The van der Waals surface area contributed by atoms with E-state index >= 15 is 0 Å². The van der Waals surface area contributed by atoms with Gasteiger partial charge in [0.2, 0.25) is 0 Å². The van der Waals surface area contributed by atoms with Crippen LogP contribution < -0.4 is 5.32 Å². The summed E-state index contributed by atoms with van der Waals surface area (Å²) in [5.74, 6) is -0.135. The molecule has 134 valence electrons. The monoisotopic (exact) mass is 358 g/mol. The molecular weight excluding hydrogens is 332 g/mol. The van der Waals surface area contributed by atoms with E-state index in [-0.39, 0.29) is 5.91 Å². The lowest BCUT2D eigenvalue weighted by Crippen LogP contribution is -2.58. The Morgan fingerprint density at radius 2 is 2.04 bits per heavy atom. The number of likely N-dealkylation sites (tertiary alicyclic amines) is 1. The van der Waals surface area contributed by atoms with E-state index in [1.54, 1.807) is 11.3 Å². The Morgan fingerprint density at radius 3 is 2.76 bits per heavy atom. The number of hydrogen-bond donors (Lipinski definition) is 2. The number of amides is 1. The highest BCUT2D eigenvalue weighted by molar-refractivity contribution is 7.11. The fourth-order valence-corrected chi connectivity index (χ4v) is 4.18. The molecule has 2 N–H and O–H groups in total. The fraction of sp³-hybridized carbons (Fsp3) is 0.450. The molecule has 0 unspecified atom stereocenters. The first-order valence-electron chi connectivity index (χ1n) is 8.88. The Kier molecular flexibility index (Phi) is 5.89. The van der Waals surface area contributed by atoms with Crippen molar-refractivity contribution in [2.75, 3.05) is 19.6 Å². The van der Waals surface area contributed by atoms with E-state index < -0.39 is 5.60 Å². The van der Waals surface area contributed by atoms with Gasteiger partial charge in [0.15, 0.2) is 5.60 Å². The number of aryl methyl sites for hydroxylation is 1. The Hall–Kier alpha value is -1.69. The van der Waals surface area contributed by atoms with Gasteiger partial charge in [0.1, 0.15) is 0 Å². The topological polar surface area (TPSA) is 52.6 Å². The van der Waals surface area contributed by atoms with E-state index in [9.17, 15) is 9.90 Å². The number of nitrogens with zero attached hydrogens (tertiary/aromatic N) is 1. The number of carbonyl (C=O) groups is 1. The van der Waals surface area contributed by atoms with Crippen molar-refractivity contribution in [3.05, 3.63) is 57.8 Å². The molecule has 5 heteroatoms. The van der Waals surface area contributed by atoms with Crippen molar-refractivity contribution in [1.82, 2.24) is 10.2 Å². The first-order valence-corrected chi connectivity index (χ1v) is 9.70. The van der Waals surface area contributed by atoms with Gasteiger partial charge in [-0.1, -0.05) is 30.3 Å². The van der Waals surface area contributed by atoms with Crippen LogP contribution in [0.3, 0.4) is 0 Å². The normalized spacial score (nSPS) is 20.9. The van der Waals surface area contributed by atoms with Gasteiger partial charge in [0.05, 0.1) is 0 Å². The zero-order chi connectivity index (χ0) is 17.7. The molecule has 4 nitrogen and oxygen atoms in total. The Bertz CT molecular complexity index is 701. The van der Waals surface area contributed by atoms with Crippen molar-refractivity contribution < 1.29 is 9.90 Å². The van der Waals surface area contributed by atoms with Crippen LogP contribution in [0.5, 0.6) is 0 Å². The fourth-order valence-electron chi connectivity index (χ4n) is 3.32. The number of thiophene rings is 1. The molecule has 0 aliphatic carbocycles. The zero-order valence-electron chi connectivity index (χ0n) is 14.7. The summed E-state index contributed by atoms with van der Waals surface area (Å²) in [5.41, 5.74) is -0.0584. The van der Waals surface area contributed by atoms with Crippen LogP contribution in [-0.4, -0.2) is 41.1 Å². The van der Waals surface area contributed by atoms with E-state index in [1.165, 1.54) is 15.3 Å². The Balaban J connectivity index is 1.52. The van der Waals surface area contributed by atoms with Gasteiger partial charge in [-0.3, -0.25) is 4.79 Å². The minimum Gasteiger partial charge on any atom is -0.379 e. The Morgan fingerprint density at radius 1 is 1.24 bits per heavy atom. The third kappa shape index (κ3) is 4.69. The van der Waals surface area contributed by atoms with Gasteiger partial charge in [0, 0.05) is 35.9 Å². The minimum absolute atomic E-state index is 0.135. The van der Waals surface area contributed by atoms with Gasteiger partial charge in [-0.25, -0.2) is 0 Å². The molecule has 25 heavy (non-hydrogen) atoms. The molecule has 0 spiro atoms. The van der Waals surface area contributed by atoms with E-state index in [0.29, 0.717) is 26.1 Å². The largest absolute Gasteiger partial charge is 0.379 e. The van der Waals surface area contributed by atoms with E-state index in [2.05, 4.69) is 36.5 Å². The van der Waals surface area contributed by atoms with E-state index in [1.807, 2.05) is 23.1 Å². The van der Waals surface area contributed by atoms with Crippen molar-refractivity contribution >= 4 is 17.2 Å². The van der Waals surface area contributed by atoms with Crippen LogP contribution in [0.15, 0.2) is 42.5 Å². The van der Waals surface area contributed by atoms with Crippen LogP contribution in [-0.2, 0) is 17.8 Å². The van der Waals surface area contributed by atoms with Crippen molar-refractivity contribution in [3.8, 4) is 0 Å². The second-order valence-corrected chi connectivity index (χ2v) is 8.15. The standard InChI is InChI=1S/C20H26N2O2S/c1-16-8-9-18(25-16)14-21-15-20(24)11-5-12-22(19(20)23)13-10-17-6-3-2-4-7-17/h2-4,6-9,21,24H,5,10-15H2,1H3/t20-/m0/s1. The number of piperidine rings is 1. The maximum Gasteiger partial charge on any atom is 0.255 e. The summed E-state index contributed by atoms with van der Waals surface area (Å²) in [6, 6.07) is 14.4. The highest BCUT2D eigenvalue weighted by Gasteiger charge is 2.41. The summed E-state index contributed by atoms with van der Waals surface area (Å²) in [6.45, 7) is 4.48. The maximum atomic E-state index is 12.8. The van der Waals surface area contributed by atoms with Crippen LogP contribution in [0.1, 0.15) is 28.2 Å². The molecule has 3 rings (SSSR count). The van der Waals surface area contributed by atoms with Gasteiger partial charge in [-0.2, -0.15) is 0 Å². The molecule has 1 aromatic heterocycles. The molecule has 2 heterocycles. The first kappa shape index (κ1) is 18.1. The van der Waals surface area contributed by atoms with Gasteiger partial charge >= 0.3 is 0 Å². The lowest BCUT2D eigenvalue weighted by atomic mass is 9.91. The highest BCUT2D eigenvalue weighted by atomic mass is 32.1. The van der Waals surface area contributed by atoms with Gasteiger partial charge in [-0.15, -0.1) is 11.3 Å². The molecule has 0 saturated carbocycles. The number of aliphatic hydroxyl groups is 1. The first-order chi connectivity index (χ1) is 12.1. The molecule has 1 aliphatic rings. The summed E-state index contributed by atoms with van der Waals surface area (Å²) >= 11 is 1.74. The van der Waals surface area contributed by atoms with Gasteiger partial charge < -0.3 is 15.3 Å². The molecule has 1 saturated heterocycles. The zero-order valence-corrected chi connectivity index (χ0v) is 15.5. The number of hydrogen-bond acceptors (Lipinski definition) is 4. The molecule has 1 atom stereocenters.